The van der Waals surface area contributed by atoms with Crippen LogP contribution in [-0.2, 0) is 26.0 Å². The topological polar surface area (TPSA) is 110 Å². The minimum atomic E-state index is -3.83. The lowest BCUT2D eigenvalue weighted by molar-refractivity contribution is -0.122. The van der Waals surface area contributed by atoms with Crippen molar-refractivity contribution in [3.8, 4) is 0 Å². The van der Waals surface area contributed by atoms with Crippen LogP contribution in [0.2, 0.25) is 0 Å². The second kappa shape index (κ2) is 8.45. The molecule has 1 heterocycles. The Morgan fingerprint density at radius 2 is 1.81 bits per heavy atom. The number of aryl methyl sites for hydroxylation is 1. The van der Waals surface area contributed by atoms with Crippen LogP contribution in [0, 0.1) is 6.92 Å². The van der Waals surface area contributed by atoms with Gasteiger partial charge in [-0.1, -0.05) is 30.5 Å². The number of carbonyl (C=O) groups is 2. The molecule has 1 aromatic carbocycles. The van der Waals surface area contributed by atoms with Crippen LogP contribution in [0.15, 0.2) is 41.6 Å². The monoisotopic (exact) mass is 444 g/mol. The molecular formula is C22H28N4O4S. The summed E-state index contributed by atoms with van der Waals surface area (Å²) < 4.78 is 26.5. The summed E-state index contributed by atoms with van der Waals surface area (Å²) >= 11 is 0. The first-order chi connectivity index (χ1) is 14.8. The van der Waals surface area contributed by atoms with Gasteiger partial charge in [0.15, 0.2) is 14.6 Å². The van der Waals surface area contributed by atoms with E-state index in [0.717, 1.165) is 31.2 Å². The zero-order valence-electron chi connectivity index (χ0n) is 17.6. The number of aromatic nitrogens is 2. The number of nitrogens with zero attached hydrogens (tertiary/aromatic N) is 2. The summed E-state index contributed by atoms with van der Waals surface area (Å²) in [7, 11) is -3.83. The Morgan fingerprint density at radius 1 is 1.13 bits per heavy atom. The number of anilines is 1. The van der Waals surface area contributed by atoms with Crippen molar-refractivity contribution in [2.45, 2.75) is 74.1 Å². The highest BCUT2D eigenvalue weighted by atomic mass is 32.2. The summed E-state index contributed by atoms with van der Waals surface area (Å²) in [4.78, 5) is 25.4. The lowest BCUT2D eigenvalue weighted by Crippen LogP contribution is -2.54. The molecule has 2 aromatic rings. The van der Waals surface area contributed by atoms with Crippen molar-refractivity contribution < 1.29 is 18.0 Å². The molecule has 1 aromatic heterocycles. The largest absolute Gasteiger partial charge is 0.352 e. The summed E-state index contributed by atoms with van der Waals surface area (Å²) in [5.41, 5.74) is 1.33. The normalized spacial score (nSPS) is 18.4. The second-order valence-corrected chi connectivity index (χ2v) is 10.9. The fraction of sp³-hybridized carbons (Fsp3) is 0.500. The number of hydrogen-bond acceptors (Lipinski definition) is 5. The fourth-order valence-corrected chi connectivity index (χ4v) is 6.38. The Labute approximate surface area is 182 Å². The minimum absolute atomic E-state index is 0.0547. The van der Waals surface area contributed by atoms with Gasteiger partial charge < -0.3 is 10.6 Å². The Morgan fingerprint density at radius 3 is 2.42 bits per heavy atom. The van der Waals surface area contributed by atoms with E-state index in [1.165, 1.54) is 10.9 Å². The third-order valence-electron chi connectivity index (χ3n) is 6.34. The smallest absolute Gasteiger partial charge is 0.246 e. The molecule has 0 atom stereocenters. The molecule has 8 nitrogen and oxygen atoms in total. The summed E-state index contributed by atoms with van der Waals surface area (Å²) in [6.45, 7) is 1.94. The molecule has 2 N–H and O–H groups in total. The van der Waals surface area contributed by atoms with E-state index in [4.69, 9.17) is 0 Å². The summed E-state index contributed by atoms with van der Waals surface area (Å²) in [5.74, 6) is -0.667. The van der Waals surface area contributed by atoms with Crippen molar-refractivity contribution >= 4 is 27.3 Å². The van der Waals surface area contributed by atoms with Crippen LogP contribution in [0.3, 0.4) is 0 Å². The van der Waals surface area contributed by atoms with Crippen molar-refractivity contribution in [3.63, 3.8) is 0 Å². The van der Waals surface area contributed by atoms with Gasteiger partial charge in [-0.25, -0.2) is 8.42 Å². The van der Waals surface area contributed by atoms with E-state index in [1.807, 2.05) is 6.92 Å². The van der Waals surface area contributed by atoms with Crippen molar-refractivity contribution in [1.82, 2.24) is 15.1 Å². The zero-order valence-corrected chi connectivity index (χ0v) is 18.5. The number of nitrogens with one attached hydrogen (secondary N) is 2. The van der Waals surface area contributed by atoms with E-state index in [2.05, 4.69) is 15.7 Å². The standard InChI is InChI=1S/C22H28N4O4S/c1-16-7-9-19(10-8-16)31(29,30)22(11-4-12-22)21(28)25-18-13-23-26(14-18)15-20(27)24-17-5-2-3-6-17/h7-10,13-14,17H,2-6,11-12,15H2,1H3,(H,24,27)(H,25,28). The van der Waals surface area contributed by atoms with Crippen molar-refractivity contribution in [2.75, 3.05) is 5.32 Å². The van der Waals surface area contributed by atoms with Gasteiger partial charge in [-0.3, -0.25) is 14.3 Å². The highest BCUT2D eigenvalue weighted by Crippen LogP contribution is 2.43. The maximum atomic E-state index is 13.3. The van der Waals surface area contributed by atoms with Gasteiger partial charge in [0.2, 0.25) is 11.8 Å². The molecule has 2 amide bonds. The second-order valence-electron chi connectivity index (χ2n) is 8.59. The van der Waals surface area contributed by atoms with Gasteiger partial charge in [0.25, 0.3) is 0 Å². The van der Waals surface area contributed by atoms with Crippen molar-refractivity contribution in [3.05, 3.63) is 42.2 Å². The molecule has 166 valence electrons. The first-order valence-corrected chi connectivity index (χ1v) is 12.2. The van der Waals surface area contributed by atoms with Crippen LogP contribution in [0.5, 0.6) is 0 Å². The van der Waals surface area contributed by atoms with Gasteiger partial charge >= 0.3 is 0 Å². The average molecular weight is 445 g/mol. The molecule has 9 heteroatoms. The van der Waals surface area contributed by atoms with E-state index in [1.54, 1.807) is 30.5 Å². The fourth-order valence-electron chi connectivity index (χ4n) is 4.31. The lowest BCUT2D eigenvalue weighted by Gasteiger charge is -2.39. The van der Waals surface area contributed by atoms with E-state index < -0.39 is 20.5 Å². The Bertz CT molecular complexity index is 1070. The zero-order chi connectivity index (χ0) is 22.1. The Kier molecular flexibility index (Phi) is 5.88. The van der Waals surface area contributed by atoms with Gasteiger partial charge in [0.1, 0.15) is 6.54 Å². The third kappa shape index (κ3) is 4.23. The van der Waals surface area contributed by atoms with Crippen LogP contribution in [-0.4, -0.2) is 40.8 Å². The molecule has 0 bridgehead atoms. The molecule has 2 saturated carbocycles. The molecule has 0 saturated heterocycles. The van der Waals surface area contributed by atoms with Crippen LogP contribution >= 0.6 is 0 Å². The van der Waals surface area contributed by atoms with Crippen LogP contribution in [0.25, 0.3) is 0 Å². The summed E-state index contributed by atoms with van der Waals surface area (Å²) in [6, 6.07) is 6.81. The van der Waals surface area contributed by atoms with Gasteiger partial charge in [0.05, 0.1) is 16.8 Å². The van der Waals surface area contributed by atoms with Crippen LogP contribution in [0.4, 0.5) is 5.69 Å². The number of hydrogen-bond donors (Lipinski definition) is 2. The highest BCUT2D eigenvalue weighted by Gasteiger charge is 2.55. The minimum Gasteiger partial charge on any atom is -0.352 e. The van der Waals surface area contributed by atoms with E-state index in [-0.39, 0.29) is 36.2 Å². The summed E-state index contributed by atoms with van der Waals surface area (Å²) in [6.07, 6.45) is 8.52. The number of rotatable bonds is 7. The SMILES string of the molecule is Cc1ccc(S(=O)(=O)C2(C(=O)Nc3cnn(CC(=O)NC4CCCC4)c3)CCC2)cc1. The number of carbonyl (C=O) groups excluding carboxylic acids is 2. The molecule has 2 fully saturated rings. The molecule has 4 rings (SSSR count). The maximum Gasteiger partial charge on any atom is 0.246 e. The molecule has 31 heavy (non-hydrogen) atoms. The Balaban J connectivity index is 1.43. The van der Waals surface area contributed by atoms with Crippen molar-refractivity contribution in [2.24, 2.45) is 0 Å². The predicted molar refractivity (Wildman–Crippen MR) is 116 cm³/mol. The Hall–Kier alpha value is -2.68. The number of sulfone groups is 1. The lowest BCUT2D eigenvalue weighted by atomic mass is 9.83. The van der Waals surface area contributed by atoms with E-state index >= 15 is 0 Å². The molecule has 0 unspecified atom stereocenters. The van der Waals surface area contributed by atoms with Crippen LogP contribution in [0.1, 0.15) is 50.5 Å². The predicted octanol–water partition coefficient (Wildman–Crippen LogP) is 2.59. The molecule has 0 spiro atoms. The van der Waals surface area contributed by atoms with E-state index in [0.29, 0.717) is 12.1 Å². The third-order valence-corrected chi connectivity index (χ3v) is 8.85. The first kappa shape index (κ1) is 21.5. The molecular weight excluding hydrogens is 416 g/mol. The van der Waals surface area contributed by atoms with Gasteiger partial charge in [-0.15, -0.1) is 0 Å². The molecule has 0 radical (unpaired) electrons. The quantitative estimate of drug-likeness (QED) is 0.682. The summed E-state index contributed by atoms with van der Waals surface area (Å²) in [5, 5.41) is 9.83. The van der Waals surface area contributed by atoms with Gasteiger partial charge in [0, 0.05) is 12.2 Å². The molecule has 0 aliphatic heterocycles. The van der Waals surface area contributed by atoms with Gasteiger partial charge in [-0.2, -0.15) is 5.10 Å². The van der Waals surface area contributed by atoms with E-state index in [9.17, 15) is 18.0 Å². The molecule has 2 aliphatic carbocycles. The van der Waals surface area contributed by atoms with Gasteiger partial charge in [-0.05, 0) is 51.2 Å². The highest BCUT2D eigenvalue weighted by molar-refractivity contribution is 7.93. The number of amides is 2. The van der Waals surface area contributed by atoms with Crippen LogP contribution < -0.4 is 10.6 Å². The number of benzene rings is 1. The maximum absolute atomic E-state index is 13.3. The average Bonchev–Trinajstić information content (AvgIpc) is 3.33. The first-order valence-electron chi connectivity index (χ1n) is 10.7. The molecule has 2 aliphatic rings. The van der Waals surface area contributed by atoms with Crippen molar-refractivity contribution in [1.29, 1.82) is 0 Å².